The Hall–Kier alpha value is -1.76. The number of amidine groups is 1. The van der Waals surface area contributed by atoms with E-state index in [1.807, 2.05) is 18.2 Å². The maximum atomic E-state index is 12.2. The van der Waals surface area contributed by atoms with E-state index in [-0.39, 0.29) is 5.91 Å². The highest BCUT2D eigenvalue weighted by Gasteiger charge is 2.24. The van der Waals surface area contributed by atoms with Gasteiger partial charge in [-0.1, -0.05) is 27.5 Å². The molecule has 0 unspecified atom stereocenters. The normalized spacial score (nSPS) is 17.4. The van der Waals surface area contributed by atoms with Crippen LogP contribution in [-0.2, 0) is 4.79 Å². The topological polar surface area (TPSA) is 50.7 Å². The first-order valence-corrected chi connectivity index (χ1v) is 8.92. The first-order chi connectivity index (χ1) is 11.5. The van der Waals surface area contributed by atoms with Crippen molar-refractivity contribution in [3.05, 3.63) is 62.4 Å². The number of carbonyl (C=O) groups is 1. The molecule has 0 radical (unpaired) electrons. The van der Waals surface area contributed by atoms with E-state index in [2.05, 4.69) is 26.2 Å². The number of ether oxygens (including phenoxy) is 1. The summed E-state index contributed by atoms with van der Waals surface area (Å²) < 4.78 is 6.24. The Bertz CT molecular complexity index is 850. The zero-order valence-corrected chi connectivity index (χ0v) is 15.7. The Kier molecular flexibility index (Phi) is 5.28. The minimum Gasteiger partial charge on any atom is -0.496 e. The molecule has 1 aliphatic heterocycles. The van der Waals surface area contributed by atoms with Crippen LogP contribution in [0.4, 0.5) is 5.69 Å². The highest BCUT2D eigenvalue weighted by molar-refractivity contribution is 9.10. The maximum absolute atomic E-state index is 12.2. The number of aliphatic imine (C=N–C) groups is 1. The summed E-state index contributed by atoms with van der Waals surface area (Å²) in [4.78, 5) is 17.1. The van der Waals surface area contributed by atoms with Gasteiger partial charge in [0.1, 0.15) is 5.75 Å². The van der Waals surface area contributed by atoms with Crippen LogP contribution in [0.5, 0.6) is 5.75 Å². The van der Waals surface area contributed by atoms with E-state index in [1.54, 1.807) is 37.5 Å². The molecule has 7 heteroatoms. The molecule has 122 valence electrons. The maximum Gasteiger partial charge on any atom is 0.264 e. The van der Waals surface area contributed by atoms with Crippen LogP contribution in [-0.4, -0.2) is 18.2 Å². The molecule has 0 bridgehead atoms. The number of hydrogen-bond donors (Lipinski definition) is 1. The van der Waals surface area contributed by atoms with Crippen LogP contribution in [0.1, 0.15) is 5.56 Å². The highest BCUT2D eigenvalue weighted by atomic mass is 79.9. The van der Waals surface area contributed by atoms with Crippen molar-refractivity contribution < 1.29 is 9.53 Å². The van der Waals surface area contributed by atoms with Gasteiger partial charge in [-0.3, -0.25) is 4.79 Å². The number of rotatable bonds is 3. The number of nitrogens with one attached hydrogen (secondary N) is 1. The Morgan fingerprint density at radius 1 is 1.25 bits per heavy atom. The van der Waals surface area contributed by atoms with Gasteiger partial charge >= 0.3 is 0 Å². The third-order valence-corrected chi connectivity index (χ3v) is 4.84. The fourth-order valence-electron chi connectivity index (χ4n) is 2.07. The largest absolute Gasteiger partial charge is 0.496 e. The predicted octanol–water partition coefficient (Wildman–Crippen LogP) is 5.00. The summed E-state index contributed by atoms with van der Waals surface area (Å²) in [5.41, 5.74) is 1.54. The number of methoxy groups -OCH3 is 1. The van der Waals surface area contributed by atoms with Gasteiger partial charge in [0.05, 0.1) is 17.7 Å². The van der Waals surface area contributed by atoms with Crippen molar-refractivity contribution in [1.29, 1.82) is 0 Å². The van der Waals surface area contributed by atoms with Gasteiger partial charge in [0, 0.05) is 15.1 Å². The smallest absolute Gasteiger partial charge is 0.264 e. The molecule has 2 aromatic rings. The Morgan fingerprint density at radius 3 is 2.71 bits per heavy atom. The minimum atomic E-state index is -0.185. The van der Waals surface area contributed by atoms with E-state index in [1.165, 1.54) is 11.8 Å². The highest BCUT2D eigenvalue weighted by Crippen LogP contribution is 2.32. The van der Waals surface area contributed by atoms with Crippen molar-refractivity contribution >= 4 is 62.1 Å². The number of halogens is 2. The molecule has 1 fully saturated rings. The van der Waals surface area contributed by atoms with Crippen molar-refractivity contribution in [1.82, 2.24) is 5.32 Å². The molecule has 0 aromatic heterocycles. The van der Waals surface area contributed by atoms with Gasteiger partial charge in [0.25, 0.3) is 5.91 Å². The van der Waals surface area contributed by atoms with Gasteiger partial charge in [-0.25, -0.2) is 4.99 Å². The molecule has 2 aromatic carbocycles. The summed E-state index contributed by atoms with van der Waals surface area (Å²) in [5.74, 6) is 0.511. The van der Waals surface area contributed by atoms with Crippen molar-refractivity contribution in [3.63, 3.8) is 0 Å². The predicted molar refractivity (Wildman–Crippen MR) is 103 cm³/mol. The molecule has 0 aliphatic carbocycles. The molecule has 0 atom stereocenters. The molecular weight excluding hydrogens is 412 g/mol. The molecule has 1 amide bonds. The Morgan fingerprint density at radius 2 is 2.00 bits per heavy atom. The lowest BCUT2D eigenvalue weighted by Gasteiger charge is -2.05. The summed E-state index contributed by atoms with van der Waals surface area (Å²) in [5, 5.41) is 3.93. The lowest BCUT2D eigenvalue weighted by Crippen LogP contribution is -2.19. The van der Waals surface area contributed by atoms with E-state index in [9.17, 15) is 4.79 Å². The van der Waals surface area contributed by atoms with E-state index >= 15 is 0 Å². The van der Waals surface area contributed by atoms with Crippen molar-refractivity contribution in [2.24, 2.45) is 4.99 Å². The van der Waals surface area contributed by atoms with Crippen LogP contribution in [0.15, 0.2) is 56.8 Å². The molecule has 1 aliphatic rings. The van der Waals surface area contributed by atoms with Crippen LogP contribution in [0.3, 0.4) is 0 Å². The van der Waals surface area contributed by atoms with Crippen LogP contribution in [0, 0.1) is 0 Å². The summed E-state index contributed by atoms with van der Waals surface area (Å²) in [6.07, 6.45) is 1.79. The number of carbonyl (C=O) groups excluding carboxylic acids is 1. The Balaban J connectivity index is 1.87. The standard InChI is InChI=1S/C17H12BrClN2O2S/c1-23-14-7-2-11(18)8-10(14)9-15-16(22)21-17(24-15)20-13-5-3-12(19)4-6-13/h2-9H,1H3,(H,20,21,22)/b15-9-. The number of nitrogens with zero attached hydrogens (tertiary/aromatic N) is 1. The summed E-state index contributed by atoms with van der Waals surface area (Å²) >= 11 is 10.6. The first kappa shape index (κ1) is 17.1. The van der Waals surface area contributed by atoms with E-state index in [0.717, 1.165) is 15.7 Å². The number of thioether (sulfide) groups is 1. The average Bonchev–Trinajstić information content (AvgIpc) is 2.89. The second-order valence-corrected chi connectivity index (χ2v) is 7.23. The number of hydrogen-bond acceptors (Lipinski definition) is 4. The monoisotopic (exact) mass is 422 g/mol. The molecular formula is C17H12BrClN2O2S. The van der Waals surface area contributed by atoms with Gasteiger partial charge in [0.2, 0.25) is 0 Å². The SMILES string of the molecule is COc1ccc(Br)cc1/C=C1\SC(=Nc2ccc(Cl)cc2)NC1=O. The summed E-state index contributed by atoms with van der Waals surface area (Å²) in [6, 6.07) is 12.7. The third kappa shape index (κ3) is 4.01. The average molecular weight is 424 g/mol. The molecule has 0 saturated carbocycles. The molecule has 1 saturated heterocycles. The van der Waals surface area contributed by atoms with Gasteiger partial charge in [-0.15, -0.1) is 0 Å². The fraction of sp³-hybridized carbons (Fsp3) is 0.0588. The minimum absolute atomic E-state index is 0.185. The molecule has 1 heterocycles. The number of benzene rings is 2. The second kappa shape index (κ2) is 7.42. The molecule has 4 nitrogen and oxygen atoms in total. The van der Waals surface area contributed by atoms with Gasteiger partial charge in [-0.05, 0) is 60.3 Å². The molecule has 0 spiro atoms. The summed E-state index contributed by atoms with van der Waals surface area (Å²) in [6.45, 7) is 0. The summed E-state index contributed by atoms with van der Waals surface area (Å²) in [7, 11) is 1.60. The van der Waals surface area contributed by atoms with E-state index in [0.29, 0.717) is 20.8 Å². The van der Waals surface area contributed by atoms with Gasteiger partial charge in [-0.2, -0.15) is 0 Å². The van der Waals surface area contributed by atoms with Crippen LogP contribution in [0.2, 0.25) is 5.02 Å². The second-order valence-electron chi connectivity index (χ2n) is 4.84. The molecule has 1 N–H and O–H groups in total. The zero-order chi connectivity index (χ0) is 17.1. The van der Waals surface area contributed by atoms with Crippen molar-refractivity contribution in [3.8, 4) is 5.75 Å². The van der Waals surface area contributed by atoms with Crippen LogP contribution >= 0.6 is 39.3 Å². The Labute approximate surface area is 157 Å². The van der Waals surface area contributed by atoms with Gasteiger partial charge in [0.15, 0.2) is 5.17 Å². The fourth-order valence-corrected chi connectivity index (χ4v) is 3.41. The molecule has 24 heavy (non-hydrogen) atoms. The first-order valence-electron chi connectivity index (χ1n) is 6.94. The van der Waals surface area contributed by atoms with Crippen LogP contribution in [0.25, 0.3) is 6.08 Å². The lowest BCUT2D eigenvalue weighted by atomic mass is 10.2. The van der Waals surface area contributed by atoms with E-state index in [4.69, 9.17) is 16.3 Å². The van der Waals surface area contributed by atoms with Crippen molar-refractivity contribution in [2.75, 3.05) is 7.11 Å². The lowest BCUT2D eigenvalue weighted by molar-refractivity contribution is -0.115. The quantitative estimate of drug-likeness (QED) is 0.707. The van der Waals surface area contributed by atoms with Crippen molar-refractivity contribution in [2.45, 2.75) is 0 Å². The third-order valence-electron chi connectivity index (χ3n) is 3.19. The van der Waals surface area contributed by atoms with Gasteiger partial charge < -0.3 is 10.1 Å². The van der Waals surface area contributed by atoms with E-state index < -0.39 is 0 Å². The zero-order valence-electron chi connectivity index (χ0n) is 12.5. The van der Waals surface area contributed by atoms with Crippen LogP contribution < -0.4 is 10.1 Å². The molecule has 3 rings (SSSR count). The number of amides is 1.